The Balaban J connectivity index is 1.81. The molecule has 0 heterocycles. The van der Waals surface area contributed by atoms with Crippen LogP contribution in [0.3, 0.4) is 0 Å². The van der Waals surface area contributed by atoms with Crippen molar-refractivity contribution in [2.45, 2.75) is 20.0 Å². The summed E-state index contributed by atoms with van der Waals surface area (Å²) in [5.41, 5.74) is 2.98. The number of hydrogen-bond donors (Lipinski definition) is 2. The lowest BCUT2D eigenvalue weighted by molar-refractivity contribution is -0.114. The summed E-state index contributed by atoms with van der Waals surface area (Å²) in [6, 6.07) is 15.2. The fourth-order valence-corrected chi connectivity index (χ4v) is 2.30. The maximum Gasteiger partial charge on any atom is 0.221 e. The standard InChI is InChI=1S/C19H24N2O3/c1-14-4-8-17(9-5-14)21(3)12-18(23)13-24-19-10-6-16(7-11-19)20-15(2)22/h4-11,18,23H,12-13H2,1-3H3,(H,20,22). The van der Waals surface area contributed by atoms with Crippen LogP contribution in [0, 0.1) is 6.92 Å². The Labute approximate surface area is 142 Å². The number of anilines is 2. The van der Waals surface area contributed by atoms with Crippen LogP contribution in [0.25, 0.3) is 0 Å². The first-order valence-corrected chi connectivity index (χ1v) is 7.90. The predicted molar refractivity (Wildman–Crippen MR) is 96.7 cm³/mol. The summed E-state index contributed by atoms with van der Waals surface area (Å²) >= 11 is 0. The van der Waals surface area contributed by atoms with Gasteiger partial charge in [-0.05, 0) is 43.3 Å². The van der Waals surface area contributed by atoms with E-state index >= 15 is 0 Å². The van der Waals surface area contributed by atoms with Crippen molar-refractivity contribution in [1.29, 1.82) is 0 Å². The minimum absolute atomic E-state index is 0.113. The van der Waals surface area contributed by atoms with Gasteiger partial charge in [0.2, 0.25) is 5.91 Å². The van der Waals surface area contributed by atoms with Crippen LogP contribution in [-0.4, -0.2) is 37.3 Å². The molecule has 0 aliphatic rings. The number of aliphatic hydroxyl groups excluding tert-OH is 1. The smallest absolute Gasteiger partial charge is 0.221 e. The second-order valence-electron chi connectivity index (χ2n) is 5.89. The van der Waals surface area contributed by atoms with E-state index in [1.807, 2.05) is 43.1 Å². The van der Waals surface area contributed by atoms with E-state index in [0.29, 0.717) is 12.3 Å². The lowest BCUT2D eigenvalue weighted by atomic mass is 10.2. The van der Waals surface area contributed by atoms with Gasteiger partial charge in [-0.1, -0.05) is 17.7 Å². The number of benzene rings is 2. The van der Waals surface area contributed by atoms with Crippen molar-refractivity contribution < 1.29 is 14.6 Å². The molecule has 1 unspecified atom stereocenters. The number of ether oxygens (including phenoxy) is 1. The van der Waals surface area contributed by atoms with Gasteiger partial charge in [0, 0.05) is 31.9 Å². The van der Waals surface area contributed by atoms with Gasteiger partial charge in [-0.25, -0.2) is 0 Å². The van der Waals surface area contributed by atoms with Crippen molar-refractivity contribution >= 4 is 17.3 Å². The van der Waals surface area contributed by atoms with Gasteiger partial charge >= 0.3 is 0 Å². The van der Waals surface area contributed by atoms with E-state index in [4.69, 9.17) is 4.74 Å². The van der Waals surface area contributed by atoms with Crippen LogP contribution in [0.2, 0.25) is 0 Å². The highest BCUT2D eigenvalue weighted by atomic mass is 16.5. The third-order valence-corrected chi connectivity index (χ3v) is 3.58. The number of aliphatic hydroxyl groups is 1. The topological polar surface area (TPSA) is 61.8 Å². The summed E-state index contributed by atoms with van der Waals surface area (Å²) in [7, 11) is 1.94. The van der Waals surface area contributed by atoms with Crippen LogP contribution < -0.4 is 15.0 Å². The van der Waals surface area contributed by atoms with Gasteiger partial charge in [-0.15, -0.1) is 0 Å². The maximum atomic E-state index is 11.0. The van der Waals surface area contributed by atoms with Gasteiger partial charge in [0.15, 0.2) is 0 Å². The second kappa shape index (κ2) is 8.36. The molecule has 2 rings (SSSR count). The lowest BCUT2D eigenvalue weighted by Crippen LogP contribution is -2.33. The van der Waals surface area contributed by atoms with Crippen LogP contribution in [0.15, 0.2) is 48.5 Å². The van der Waals surface area contributed by atoms with Crippen LogP contribution in [0.5, 0.6) is 5.75 Å². The molecule has 128 valence electrons. The molecule has 2 aromatic carbocycles. The molecule has 2 aromatic rings. The average molecular weight is 328 g/mol. The van der Waals surface area contributed by atoms with Crippen molar-refractivity contribution in [3.8, 4) is 5.75 Å². The van der Waals surface area contributed by atoms with Crippen molar-refractivity contribution in [3.05, 3.63) is 54.1 Å². The van der Waals surface area contributed by atoms with Crippen molar-refractivity contribution in [2.24, 2.45) is 0 Å². The molecular formula is C19H24N2O3. The Morgan fingerprint density at radius 2 is 1.79 bits per heavy atom. The van der Waals surface area contributed by atoms with Crippen molar-refractivity contribution in [1.82, 2.24) is 0 Å². The highest BCUT2D eigenvalue weighted by Gasteiger charge is 2.10. The quantitative estimate of drug-likeness (QED) is 0.820. The molecule has 24 heavy (non-hydrogen) atoms. The molecule has 0 spiro atoms. The Morgan fingerprint density at radius 1 is 1.17 bits per heavy atom. The zero-order valence-corrected chi connectivity index (χ0v) is 14.3. The maximum absolute atomic E-state index is 11.0. The lowest BCUT2D eigenvalue weighted by Gasteiger charge is -2.23. The summed E-state index contributed by atoms with van der Waals surface area (Å²) in [4.78, 5) is 13.0. The van der Waals surface area contributed by atoms with Crippen LogP contribution >= 0.6 is 0 Å². The van der Waals surface area contributed by atoms with E-state index in [1.54, 1.807) is 24.3 Å². The summed E-state index contributed by atoms with van der Waals surface area (Å²) in [6.45, 7) is 4.19. The summed E-state index contributed by atoms with van der Waals surface area (Å²) in [6.07, 6.45) is -0.605. The second-order valence-corrected chi connectivity index (χ2v) is 5.89. The zero-order valence-electron chi connectivity index (χ0n) is 14.3. The largest absolute Gasteiger partial charge is 0.491 e. The molecule has 0 saturated carbocycles. The molecule has 1 atom stereocenters. The van der Waals surface area contributed by atoms with E-state index < -0.39 is 6.10 Å². The molecule has 0 bridgehead atoms. The number of nitrogens with zero attached hydrogens (tertiary/aromatic N) is 1. The third kappa shape index (κ3) is 5.59. The fourth-order valence-electron chi connectivity index (χ4n) is 2.30. The Kier molecular flexibility index (Phi) is 6.21. The van der Waals surface area contributed by atoms with Gasteiger partial charge in [-0.3, -0.25) is 4.79 Å². The first-order chi connectivity index (χ1) is 11.4. The molecule has 0 saturated heterocycles. The molecule has 1 amide bonds. The van der Waals surface area contributed by atoms with Gasteiger partial charge in [0.05, 0.1) is 0 Å². The molecule has 5 heteroatoms. The van der Waals surface area contributed by atoms with E-state index in [1.165, 1.54) is 12.5 Å². The number of likely N-dealkylation sites (N-methyl/N-ethyl adjacent to an activating group) is 1. The average Bonchev–Trinajstić information content (AvgIpc) is 2.54. The summed E-state index contributed by atoms with van der Waals surface area (Å²) in [5, 5.41) is 12.8. The summed E-state index contributed by atoms with van der Waals surface area (Å²) in [5.74, 6) is 0.541. The molecule has 0 aromatic heterocycles. The number of carbonyl (C=O) groups excluding carboxylic acids is 1. The van der Waals surface area contributed by atoms with E-state index in [2.05, 4.69) is 5.32 Å². The number of aryl methyl sites for hydroxylation is 1. The number of hydrogen-bond acceptors (Lipinski definition) is 4. The number of carbonyl (C=O) groups is 1. The first kappa shape index (κ1) is 17.8. The van der Waals surface area contributed by atoms with Gasteiger partial charge in [0.25, 0.3) is 0 Å². The SMILES string of the molecule is CC(=O)Nc1ccc(OCC(O)CN(C)c2ccc(C)cc2)cc1. The monoisotopic (exact) mass is 328 g/mol. The molecule has 2 N–H and O–H groups in total. The number of nitrogens with one attached hydrogen (secondary N) is 1. The normalized spacial score (nSPS) is 11.7. The first-order valence-electron chi connectivity index (χ1n) is 7.90. The minimum Gasteiger partial charge on any atom is -0.491 e. The van der Waals surface area contributed by atoms with Crippen LogP contribution in [0.1, 0.15) is 12.5 Å². The molecule has 0 fully saturated rings. The molecule has 5 nitrogen and oxygen atoms in total. The van der Waals surface area contributed by atoms with E-state index in [-0.39, 0.29) is 12.5 Å². The molecule has 0 radical (unpaired) electrons. The molecule has 0 aliphatic carbocycles. The molecular weight excluding hydrogens is 304 g/mol. The van der Waals surface area contributed by atoms with Crippen LogP contribution in [-0.2, 0) is 4.79 Å². The van der Waals surface area contributed by atoms with Crippen LogP contribution in [0.4, 0.5) is 11.4 Å². The number of rotatable bonds is 7. The van der Waals surface area contributed by atoms with Gasteiger partial charge in [0.1, 0.15) is 18.5 Å². The Hall–Kier alpha value is -2.53. The van der Waals surface area contributed by atoms with Crippen molar-refractivity contribution in [2.75, 3.05) is 30.4 Å². The van der Waals surface area contributed by atoms with Gasteiger partial charge in [-0.2, -0.15) is 0 Å². The minimum atomic E-state index is -0.605. The highest BCUT2D eigenvalue weighted by Crippen LogP contribution is 2.17. The number of amides is 1. The highest BCUT2D eigenvalue weighted by molar-refractivity contribution is 5.88. The predicted octanol–water partition coefficient (Wildman–Crippen LogP) is 2.83. The van der Waals surface area contributed by atoms with Crippen molar-refractivity contribution in [3.63, 3.8) is 0 Å². The third-order valence-electron chi connectivity index (χ3n) is 3.58. The Bertz CT molecular complexity index is 653. The van der Waals surface area contributed by atoms with Gasteiger partial charge < -0.3 is 20.1 Å². The summed E-state index contributed by atoms with van der Waals surface area (Å²) < 4.78 is 5.59. The fraction of sp³-hybridized carbons (Fsp3) is 0.316. The zero-order chi connectivity index (χ0) is 17.5. The van der Waals surface area contributed by atoms with E-state index in [0.717, 1.165) is 11.4 Å². The van der Waals surface area contributed by atoms with E-state index in [9.17, 15) is 9.90 Å². The Morgan fingerprint density at radius 3 is 2.38 bits per heavy atom. The molecule has 0 aliphatic heterocycles.